The second kappa shape index (κ2) is 5.41. The van der Waals surface area contributed by atoms with E-state index in [-0.39, 0.29) is 17.3 Å². The fraction of sp³-hybridized carbons (Fsp3) is 0.500. The first-order valence-corrected chi connectivity index (χ1v) is 6.26. The van der Waals surface area contributed by atoms with Crippen molar-refractivity contribution in [2.45, 2.75) is 19.4 Å². The number of aliphatic hydroxyl groups excluding tert-OH is 1. The van der Waals surface area contributed by atoms with Crippen molar-refractivity contribution in [1.82, 2.24) is 0 Å². The highest BCUT2D eigenvalue weighted by atomic mass is 16.6. The van der Waals surface area contributed by atoms with Crippen molar-refractivity contribution in [2.24, 2.45) is 5.92 Å². The Morgan fingerprint density at radius 3 is 2.55 bits per heavy atom. The van der Waals surface area contributed by atoms with Crippen LogP contribution >= 0.6 is 0 Å². The maximum absolute atomic E-state index is 11.1. The van der Waals surface area contributed by atoms with Gasteiger partial charge in [0.05, 0.1) is 22.0 Å². The van der Waals surface area contributed by atoms with Gasteiger partial charge in [0.2, 0.25) is 0 Å². The molecule has 1 aliphatic heterocycles. The molecule has 0 radical (unpaired) electrons. The lowest BCUT2D eigenvalue weighted by Crippen LogP contribution is -2.42. The molecule has 8 nitrogen and oxygen atoms in total. The number of piperidine rings is 1. The normalized spacial score (nSPS) is 22.6. The molecular weight excluding hydrogens is 266 g/mol. The summed E-state index contributed by atoms with van der Waals surface area (Å²) in [5.74, 6) is -0.00135. The smallest absolute Gasteiger partial charge is 0.299 e. The highest BCUT2D eigenvalue weighted by Gasteiger charge is 2.29. The van der Waals surface area contributed by atoms with Gasteiger partial charge in [-0.1, -0.05) is 6.92 Å². The third-order valence-electron chi connectivity index (χ3n) is 3.57. The number of nitro benzene ring substituents is 2. The molecule has 0 bridgehead atoms. The van der Waals surface area contributed by atoms with Gasteiger partial charge < -0.3 is 10.0 Å². The van der Waals surface area contributed by atoms with Crippen molar-refractivity contribution in [3.63, 3.8) is 0 Å². The summed E-state index contributed by atoms with van der Waals surface area (Å²) in [6.45, 7) is 2.85. The number of nitro groups is 2. The van der Waals surface area contributed by atoms with Crippen LogP contribution in [0.4, 0.5) is 17.1 Å². The zero-order valence-electron chi connectivity index (χ0n) is 10.9. The molecule has 1 aliphatic rings. The molecule has 0 saturated carbocycles. The number of rotatable bonds is 3. The SMILES string of the molecule is CC1CN(c2ccc([N+](=O)[O-])cc2[N+](=O)[O-])CCC1O. The Morgan fingerprint density at radius 1 is 1.30 bits per heavy atom. The molecule has 1 aromatic rings. The quantitative estimate of drug-likeness (QED) is 0.667. The van der Waals surface area contributed by atoms with E-state index in [0.29, 0.717) is 25.2 Å². The predicted molar refractivity (Wildman–Crippen MR) is 71.8 cm³/mol. The molecule has 1 fully saturated rings. The summed E-state index contributed by atoms with van der Waals surface area (Å²) in [6.07, 6.45) is 0.110. The van der Waals surface area contributed by atoms with Crippen molar-refractivity contribution in [1.29, 1.82) is 0 Å². The lowest BCUT2D eigenvalue weighted by atomic mass is 9.96. The summed E-state index contributed by atoms with van der Waals surface area (Å²) in [5, 5.41) is 31.5. The maximum atomic E-state index is 11.1. The third-order valence-corrected chi connectivity index (χ3v) is 3.57. The molecule has 1 saturated heterocycles. The van der Waals surface area contributed by atoms with E-state index in [0.717, 1.165) is 6.07 Å². The molecule has 2 atom stereocenters. The van der Waals surface area contributed by atoms with Gasteiger partial charge in [0.15, 0.2) is 0 Å². The van der Waals surface area contributed by atoms with Crippen LogP contribution < -0.4 is 4.90 Å². The van der Waals surface area contributed by atoms with Gasteiger partial charge in [0.1, 0.15) is 5.69 Å². The lowest BCUT2D eigenvalue weighted by Gasteiger charge is -2.35. The molecule has 2 unspecified atom stereocenters. The van der Waals surface area contributed by atoms with Gasteiger partial charge in [-0.2, -0.15) is 0 Å². The zero-order chi connectivity index (χ0) is 14.9. The monoisotopic (exact) mass is 281 g/mol. The highest BCUT2D eigenvalue weighted by Crippen LogP contribution is 2.34. The average molecular weight is 281 g/mol. The molecule has 8 heteroatoms. The summed E-state index contributed by atoms with van der Waals surface area (Å²) in [6, 6.07) is 3.64. The van der Waals surface area contributed by atoms with Gasteiger partial charge in [-0.25, -0.2) is 0 Å². The summed E-state index contributed by atoms with van der Waals surface area (Å²) < 4.78 is 0. The van der Waals surface area contributed by atoms with E-state index in [9.17, 15) is 25.3 Å². The Hall–Kier alpha value is -2.22. The molecule has 108 valence electrons. The van der Waals surface area contributed by atoms with Crippen molar-refractivity contribution in [2.75, 3.05) is 18.0 Å². The van der Waals surface area contributed by atoms with E-state index in [1.54, 1.807) is 4.90 Å². The largest absolute Gasteiger partial charge is 0.393 e. The van der Waals surface area contributed by atoms with Crippen LogP contribution in [0.3, 0.4) is 0 Å². The number of hydrogen-bond donors (Lipinski definition) is 1. The average Bonchev–Trinajstić information content (AvgIpc) is 2.41. The van der Waals surface area contributed by atoms with E-state index in [2.05, 4.69) is 0 Å². The lowest BCUT2D eigenvalue weighted by molar-refractivity contribution is -0.393. The van der Waals surface area contributed by atoms with Crippen molar-refractivity contribution < 1.29 is 15.0 Å². The van der Waals surface area contributed by atoms with Crippen LogP contribution in [0.1, 0.15) is 13.3 Å². The van der Waals surface area contributed by atoms with Crippen LogP contribution in [0, 0.1) is 26.1 Å². The van der Waals surface area contributed by atoms with Crippen LogP contribution in [0.15, 0.2) is 18.2 Å². The predicted octanol–water partition coefficient (Wildman–Crippen LogP) is 1.71. The molecule has 2 rings (SSSR count). The number of anilines is 1. The Labute approximate surface area is 114 Å². The summed E-state index contributed by atoms with van der Waals surface area (Å²) in [7, 11) is 0. The number of aliphatic hydroxyl groups is 1. The number of nitrogens with zero attached hydrogens (tertiary/aromatic N) is 3. The van der Waals surface area contributed by atoms with Crippen molar-refractivity contribution in [3.8, 4) is 0 Å². The van der Waals surface area contributed by atoms with E-state index in [1.165, 1.54) is 12.1 Å². The van der Waals surface area contributed by atoms with Gasteiger partial charge in [-0.15, -0.1) is 0 Å². The fourth-order valence-corrected chi connectivity index (χ4v) is 2.39. The van der Waals surface area contributed by atoms with Gasteiger partial charge in [-0.05, 0) is 18.4 Å². The molecule has 0 aromatic heterocycles. The summed E-state index contributed by atoms with van der Waals surface area (Å²) in [5.41, 5.74) is -0.215. The molecule has 0 amide bonds. The van der Waals surface area contributed by atoms with E-state index in [4.69, 9.17) is 0 Å². The van der Waals surface area contributed by atoms with E-state index in [1.807, 2.05) is 6.92 Å². The van der Waals surface area contributed by atoms with Gasteiger partial charge >= 0.3 is 0 Å². The first-order chi connectivity index (χ1) is 9.40. The molecule has 1 N–H and O–H groups in total. The Kier molecular flexibility index (Phi) is 3.84. The van der Waals surface area contributed by atoms with Crippen molar-refractivity contribution in [3.05, 3.63) is 38.4 Å². The number of hydrogen-bond acceptors (Lipinski definition) is 6. The minimum atomic E-state index is -0.653. The first kappa shape index (κ1) is 14.2. The Balaban J connectivity index is 2.36. The molecule has 0 aliphatic carbocycles. The van der Waals surface area contributed by atoms with Gasteiger partial charge in [-0.3, -0.25) is 20.2 Å². The van der Waals surface area contributed by atoms with Crippen LogP contribution in [-0.4, -0.2) is 34.1 Å². The van der Waals surface area contributed by atoms with Gasteiger partial charge in [0.25, 0.3) is 11.4 Å². The molecule has 1 aromatic carbocycles. The summed E-state index contributed by atoms with van der Waals surface area (Å²) in [4.78, 5) is 22.3. The number of benzene rings is 1. The van der Waals surface area contributed by atoms with Crippen molar-refractivity contribution >= 4 is 17.1 Å². The van der Waals surface area contributed by atoms with E-state index >= 15 is 0 Å². The maximum Gasteiger partial charge on any atom is 0.299 e. The second-order valence-corrected chi connectivity index (χ2v) is 4.97. The summed E-state index contributed by atoms with van der Waals surface area (Å²) >= 11 is 0. The molecule has 0 spiro atoms. The third kappa shape index (κ3) is 2.69. The zero-order valence-corrected chi connectivity index (χ0v) is 10.9. The fourth-order valence-electron chi connectivity index (χ4n) is 2.39. The minimum absolute atomic E-state index is 0.00135. The van der Waals surface area contributed by atoms with E-state index < -0.39 is 16.0 Å². The topological polar surface area (TPSA) is 110 Å². The Bertz CT molecular complexity index is 548. The van der Waals surface area contributed by atoms with Crippen LogP contribution in [-0.2, 0) is 0 Å². The minimum Gasteiger partial charge on any atom is -0.393 e. The van der Waals surface area contributed by atoms with Crippen LogP contribution in [0.25, 0.3) is 0 Å². The second-order valence-electron chi connectivity index (χ2n) is 4.97. The van der Waals surface area contributed by atoms with Crippen LogP contribution in [0.5, 0.6) is 0 Å². The Morgan fingerprint density at radius 2 is 2.00 bits per heavy atom. The van der Waals surface area contributed by atoms with Gasteiger partial charge in [0, 0.05) is 19.2 Å². The number of non-ortho nitro benzene ring substituents is 1. The highest BCUT2D eigenvalue weighted by molar-refractivity contribution is 5.67. The first-order valence-electron chi connectivity index (χ1n) is 6.26. The molecular formula is C12H15N3O5. The molecule has 20 heavy (non-hydrogen) atoms. The van der Waals surface area contributed by atoms with Crippen LogP contribution in [0.2, 0.25) is 0 Å². The standard InChI is InChI=1S/C12H15N3O5/c1-8-7-13(5-4-12(8)16)10-3-2-9(14(17)18)6-11(10)15(19)20/h2-3,6,8,12,16H,4-5,7H2,1H3. The molecule has 1 heterocycles.